The molecule has 0 fully saturated rings. The van der Waals surface area contributed by atoms with Crippen LogP contribution in [-0.4, -0.2) is 29.9 Å². The van der Waals surface area contributed by atoms with Crippen LogP contribution in [0.15, 0.2) is 23.3 Å². The zero-order valence-electron chi connectivity index (χ0n) is 16.6. The second-order valence-electron chi connectivity index (χ2n) is 6.89. The largest absolute Gasteiger partial charge is 0.493 e. The molecule has 7 heteroatoms. The Hall–Kier alpha value is -2.67. The number of aromatic nitrogens is 2. The summed E-state index contributed by atoms with van der Waals surface area (Å²) in [6, 6.07) is 5.78. The Bertz CT molecular complexity index is 1060. The van der Waals surface area contributed by atoms with Crippen LogP contribution in [0.3, 0.4) is 0 Å². The highest BCUT2D eigenvalue weighted by atomic mass is 32.1. The van der Waals surface area contributed by atoms with Crippen molar-refractivity contribution in [2.24, 2.45) is 5.10 Å². The van der Waals surface area contributed by atoms with Crippen LogP contribution in [0.4, 0.5) is 5.82 Å². The lowest BCUT2D eigenvalue weighted by Crippen LogP contribution is -2.05. The molecule has 0 saturated carbocycles. The third kappa shape index (κ3) is 3.42. The summed E-state index contributed by atoms with van der Waals surface area (Å²) in [6.07, 6.45) is 4.71. The van der Waals surface area contributed by atoms with Gasteiger partial charge in [0.15, 0.2) is 17.3 Å². The van der Waals surface area contributed by atoms with Gasteiger partial charge in [0.2, 0.25) is 0 Å². The van der Waals surface area contributed by atoms with Crippen LogP contribution in [0.2, 0.25) is 0 Å². The normalized spacial score (nSPS) is 14.1. The number of ether oxygens (including phenoxy) is 2. The molecule has 2 aromatic heterocycles. The summed E-state index contributed by atoms with van der Waals surface area (Å²) in [4.78, 5) is 11.8. The molecular formula is C21H24N4O2S. The zero-order valence-corrected chi connectivity index (χ0v) is 17.4. The highest BCUT2D eigenvalue weighted by Crippen LogP contribution is 2.38. The summed E-state index contributed by atoms with van der Waals surface area (Å²) >= 11 is 1.80. The number of thiophene rings is 1. The minimum absolute atomic E-state index is 0.682. The quantitative estimate of drug-likeness (QED) is 0.499. The van der Waals surface area contributed by atoms with Gasteiger partial charge in [-0.1, -0.05) is 0 Å². The number of hydrogen-bond acceptors (Lipinski definition) is 7. The SMILES string of the molecule is COc1ccc(/C(C)=N/Nc2nc(C)nc3sc4c(c23)CCCC4)cc1OC. The molecule has 0 unspecified atom stereocenters. The van der Waals surface area contributed by atoms with Gasteiger partial charge in [0.1, 0.15) is 10.7 Å². The Morgan fingerprint density at radius 2 is 1.89 bits per heavy atom. The molecule has 28 heavy (non-hydrogen) atoms. The molecule has 0 bridgehead atoms. The Morgan fingerprint density at radius 3 is 2.68 bits per heavy atom. The van der Waals surface area contributed by atoms with E-state index >= 15 is 0 Å². The highest BCUT2D eigenvalue weighted by Gasteiger charge is 2.20. The van der Waals surface area contributed by atoms with Crippen molar-refractivity contribution in [3.8, 4) is 11.5 Å². The van der Waals surface area contributed by atoms with Crippen molar-refractivity contribution in [3.63, 3.8) is 0 Å². The van der Waals surface area contributed by atoms with E-state index in [2.05, 4.69) is 20.5 Å². The third-order valence-electron chi connectivity index (χ3n) is 5.06. The summed E-state index contributed by atoms with van der Waals surface area (Å²) in [5.74, 6) is 2.93. The topological polar surface area (TPSA) is 68.6 Å². The number of methoxy groups -OCH3 is 2. The van der Waals surface area contributed by atoms with Gasteiger partial charge in [-0.15, -0.1) is 11.3 Å². The molecular weight excluding hydrogens is 372 g/mol. The van der Waals surface area contributed by atoms with E-state index < -0.39 is 0 Å². The van der Waals surface area contributed by atoms with E-state index in [1.54, 1.807) is 25.6 Å². The predicted molar refractivity (Wildman–Crippen MR) is 114 cm³/mol. The summed E-state index contributed by atoms with van der Waals surface area (Å²) in [5.41, 5.74) is 6.40. The summed E-state index contributed by atoms with van der Waals surface area (Å²) in [5, 5.41) is 5.73. The van der Waals surface area contributed by atoms with Gasteiger partial charge < -0.3 is 9.47 Å². The molecule has 1 aliphatic rings. The highest BCUT2D eigenvalue weighted by molar-refractivity contribution is 7.19. The smallest absolute Gasteiger partial charge is 0.161 e. The second-order valence-corrected chi connectivity index (χ2v) is 7.97. The molecule has 1 N–H and O–H groups in total. The summed E-state index contributed by atoms with van der Waals surface area (Å²) < 4.78 is 10.7. The van der Waals surface area contributed by atoms with Crippen molar-refractivity contribution in [3.05, 3.63) is 40.0 Å². The number of aryl methyl sites for hydroxylation is 3. The van der Waals surface area contributed by atoms with Crippen LogP contribution in [0.5, 0.6) is 11.5 Å². The van der Waals surface area contributed by atoms with Crippen LogP contribution in [0, 0.1) is 6.92 Å². The minimum atomic E-state index is 0.682. The molecule has 4 rings (SSSR count). The first kappa shape index (κ1) is 18.7. The van der Waals surface area contributed by atoms with Crippen molar-refractivity contribution in [1.82, 2.24) is 9.97 Å². The fourth-order valence-corrected chi connectivity index (χ4v) is 4.91. The standard InChI is InChI=1S/C21H24N4O2S/c1-12(14-9-10-16(26-3)17(11-14)27-4)24-25-20-19-15-7-5-6-8-18(15)28-21(19)23-13(2)22-20/h9-11H,5-8H2,1-4H3,(H,22,23,25)/b24-12+. The zero-order chi connectivity index (χ0) is 19.7. The number of benzene rings is 1. The maximum Gasteiger partial charge on any atom is 0.161 e. The molecule has 0 atom stereocenters. The van der Waals surface area contributed by atoms with Gasteiger partial charge in [0.05, 0.1) is 25.3 Å². The molecule has 0 amide bonds. The lowest BCUT2D eigenvalue weighted by atomic mass is 9.97. The van der Waals surface area contributed by atoms with E-state index in [9.17, 15) is 0 Å². The summed E-state index contributed by atoms with van der Waals surface area (Å²) in [6.45, 7) is 3.89. The number of hydrazone groups is 1. The Labute approximate surface area is 168 Å². The molecule has 0 spiro atoms. The molecule has 2 heterocycles. The molecule has 1 aromatic carbocycles. The average Bonchev–Trinajstić information content (AvgIpc) is 3.09. The van der Waals surface area contributed by atoms with Crippen molar-refractivity contribution in [2.45, 2.75) is 39.5 Å². The van der Waals surface area contributed by atoms with Gasteiger partial charge in [-0.05, 0) is 63.3 Å². The Kier molecular flexibility index (Phi) is 5.17. The molecule has 0 radical (unpaired) electrons. The number of nitrogens with one attached hydrogen (secondary N) is 1. The van der Waals surface area contributed by atoms with Gasteiger partial charge in [0, 0.05) is 10.4 Å². The number of hydrogen-bond donors (Lipinski definition) is 1. The van der Waals surface area contributed by atoms with E-state index in [0.29, 0.717) is 11.5 Å². The molecule has 146 valence electrons. The fourth-order valence-electron chi connectivity index (χ4n) is 3.61. The molecule has 3 aromatic rings. The molecule has 6 nitrogen and oxygen atoms in total. The minimum Gasteiger partial charge on any atom is -0.493 e. The van der Waals surface area contributed by atoms with E-state index in [1.807, 2.05) is 32.0 Å². The van der Waals surface area contributed by atoms with Crippen LogP contribution in [-0.2, 0) is 12.8 Å². The van der Waals surface area contributed by atoms with E-state index in [1.165, 1.54) is 23.3 Å². The van der Waals surface area contributed by atoms with Gasteiger partial charge >= 0.3 is 0 Å². The van der Waals surface area contributed by atoms with Gasteiger partial charge in [-0.2, -0.15) is 5.10 Å². The molecule has 1 aliphatic carbocycles. The van der Waals surface area contributed by atoms with Crippen molar-refractivity contribution >= 4 is 33.1 Å². The van der Waals surface area contributed by atoms with Crippen molar-refractivity contribution in [2.75, 3.05) is 19.6 Å². The van der Waals surface area contributed by atoms with Crippen LogP contribution in [0.25, 0.3) is 10.2 Å². The van der Waals surface area contributed by atoms with E-state index in [0.717, 1.165) is 46.0 Å². The number of fused-ring (bicyclic) bond motifs is 3. The first-order valence-electron chi connectivity index (χ1n) is 9.42. The predicted octanol–water partition coefficient (Wildman–Crippen LogP) is 4.73. The monoisotopic (exact) mass is 396 g/mol. The van der Waals surface area contributed by atoms with E-state index in [4.69, 9.17) is 9.47 Å². The first-order valence-corrected chi connectivity index (χ1v) is 10.2. The lowest BCUT2D eigenvalue weighted by molar-refractivity contribution is 0.355. The summed E-state index contributed by atoms with van der Waals surface area (Å²) in [7, 11) is 3.26. The Balaban J connectivity index is 1.69. The number of anilines is 1. The first-order chi connectivity index (χ1) is 13.6. The number of rotatable bonds is 5. The average molecular weight is 397 g/mol. The van der Waals surface area contributed by atoms with Gasteiger partial charge in [0.25, 0.3) is 0 Å². The third-order valence-corrected chi connectivity index (χ3v) is 6.24. The molecule has 0 saturated heterocycles. The van der Waals surface area contributed by atoms with Gasteiger partial charge in [-0.3, -0.25) is 5.43 Å². The van der Waals surface area contributed by atoms with Gasteiger partial charge in [-0.25, -0.2) is 9.97 Å². The molecule has 0 aliphatic heterocycles. The maximum absolute atomic E-state index is 5.40. The van der Waals surface area contributed by atoms with Crippen LogP contribution < -0.4 is 14.9 Å². The number of nitrogens with zero attached hydrogens (tertiary/aromatic N) is 3. The van der Waals surface area contributed by atoms with Crippen LogP contribution in [0.1, 0.15) is 41.6 Å². The fraction of sp³-hybridized carbons (Fsp3) is 0.381. The van der Waals surface area contributed by atoms with Crippen molar-refractivity contribution in [1.29, 1.82) is 0 Å². The lowest BCUT2D eigenvalue weighted by Gasteiger charge is -2.12. The second kappa shape index (κ2) is 7.75. The van der Waals surface area contributed by atoms with E-state index in [-0.39, 0.29) is 0 Å². The van der Waals surface area contributed by atoms with Crippen LogP contribution >= 0.6 is 11.3 Å². The Morgan fingerprint density at radius 1 is 1.11 bits per heavy atom. The maximum atomic E-state index is 5.40. The van der Waals surface area contributed by atoms with Crippen molar-refractivity contribution < 1.29 is 9.47 Å².